The van der Waals surface area contributed by atoms with Crippen LogP contribution in [0.15, 0.2) is 23.2 Å². The van der Waals surface area contributed by atoms with E-state index in [0.29, 0.717) is 23.9 Å². The lowest BCUT2D eigenvalue weighted by atomic mass is 10.1. The van der Waals surface area contributed by atoms with E-state index >= 15 is 0 Å². The summed E-state index contributed by atoms with van der Waals surface area (Å²) in [5.74, 6) is 0.298. The van der Waals surface area contributed by atoms with E-state index in [2.05, 4.69) is 27.8 Å². The van der Waals surface area contributed by atoms with Crippen LogP contribution in [0.1, 0.15) is 11.1 Å². The molecule has 0 heterocycles. The minimum Gasteiger partial charge on any atom is -0.507 e. The summed E-state index contributed by atoms with van der Waals surface area (Å²) in [4.78, 5) is 0. The average molecular weight is 291 g/mol. The maximum atomic E-state index is 9.75. The zero-order valence-corrected chi connectivity index (χ0v) is 10.8. The van der Waals surface area contributed by atoms with Crippen LogP contribution in [0, 0.1) is 6.92 Å². The highest BCUT2D eigenvalue weighted by Crippen LogP contribution is 2.26. The molecule has 0 atom stereocenters. The highest BCUT2D eigenvalue weighted by Gasteiger charge is 2.05. The molecule has 1 aromatic carbocycles. The Kier molecular flexibility index (Phi) is 4.64. The summed E-state index contributed by atoms with van der Waals surface area (Å²) < 4.78 is 0.876. The fourth-order valence-corrected chi connectivity index (χ4v) is 1.77. The summed E-state index contributed by atoms with van der Waals surface area (Å²) in [5, 5.41) is 13.5. The topological polar surface area (TPSA) is 32.3 Å². The van der Waals surface area contributed by atoms with Gasteiger partial charge in [0, 0.05) is 28.2 Å². The van der Waals surface area contributed by atoms with Crippen molar-refractivity contribution in [1.82, 2.24) is 5.32 Å². The van der Waals surface area contributed by atoms with Crippen LogP contribution in [0.4, 0.5) is 0 Å². The second-order valence-corrected chi connectivity index (χ2v) is 4.91. The molecule has 0 aliphatic rings. The van der Waals surface area contributed by atoms with Gasteiger partial charge in [-0.3, -0.25) is 0 Å². The second kappa shape index (κ2) is 5.54. The van der Waals surface area contributed by atoms with E-state index in [1.54, 1.807) is 12.1 Å². The predicted molar refractivity (Wildman–Crippen MR) is 67.6 cm³/mol. The Bertz CT molecular complexity index is 379. The monoisotopic (exact) mass is 289 g/mol. The van der Waals surface area contributed by atoms with Crippen LogP contribution in [0.3, 0.4) is 0 Å². The van der Waals surface area contributed by atoms with Gasteiger partial charge in [0.15, 0.2) is 0 Å². The summed E-state index contributed by atoms with van der Waals surface area (Å²) in [5.41, 5.74) is 1.59. The Hall–Kier alpha value is -0.510. The number of hydrogen-bond donors (Lipinski definition) is 2. The van der Waals surface area contributed by atoms with E-state index in [1.807, 2.05) is 6.92 Å². The third-order valence-corrected chi connectivity index (χ3v) is 2.48. The van der Waals surface area contributed by atoms with E-state index in [4.69, 9.17) is 11.6 Å². The van der Waals surface area contributed by atoms with Crippen molar-refractivity contribution in [3.63, 3.8) is 0 Å². The number of phenols is 1. The van der Waals surface area contributed by atoms with Crippen molar-refractivity contribution < 1.29 is 5.11 Å². The average Bonchev–Trinajstić information content (AvgIpc) is 2.12. The molecule has 0 saturated heterocycles. The highest BCUT2D eigenvalue weighted by molar-refractivity contribution is 9.11. The minimum atomic E-state index is 0.298. The molecule has 4 heteroatoms. The molecule has 0 radical (unpaired) electrons. The largest absolute Gasteiger partial charge is 0.507 e. The molecule has 0 aliphatic carbocycles. The summed E-state index contributed by atoms with van der Waals surface area (Å²) in [6.07, 6.45) is 0. The lowest BCUT2D eigenvalue weighted by Crippen LogP contribution is -2.14. The lowest BCUT2D eigenvalue weighted by molar-refractivity contribution is 0.461. The Morgan fingerprint density at radius 2 is 2.27 bits per heavy atom. The SMILES string of the molecule is C=C(Br)CNCc1cc(Cl)cc(C)c1O. The van der Waals surface area contributed by atoms with Gasteiger partial charge < -0.3 is 10.4 Å². The van der Waals surface area contributed by atoms with Gasteiger partial charge in [-0.2, -0.15) is 0 Å². The quantitative estimate of drug-likeness (QED) is 0.891. The normalized spacial score (nSPS) is 10.3. The molecule has 0 fully saturated rings. The molecular formula is C11H13BrClNO. The van der Waals surface area contributed by atoms with E-state index in [1.165, 1.54) is 0 Å². The Labute approximate surface area is 103 Å². The fourth-order valence-electron chi connectivity index (χ4n) is 1.27. The van der Waals surface area contributed by atoms with Crippen molar-refractivity contribution in [3.8, 4) is 5.75 Å². The van der Waals surface area contributed by atoms with Gasteiger partial charge in [-0.1, -0.05) is 34.1 Å². The summed E-state index contributed by atoms with van der Waals surface area (Å²) in [6.45, 7) is 6.76. The van der Waals surface area contributed by atoms with Gasteiger partial charge >= 0.3 is 0 Å². The van der Waals surface area contributed by atoms with Crippen molar-refractivity contribution in [2.75, 3.05) is 6.54 Å². The van der Waals surface area contributed by atoms with Gasteiger partial charge in [-0.15, -0.1) is 0 Å². The Morgan fingerprint density at radius 1 is 1.60 bits per heavy atom. The summed E-state index contributed by atoms with van der Waals surface area (Å²) in [7, 11) is 0. The van der Waals surface area contributed by atoms with Crippen molar-refractivity contribution in [2.24, 2.45) is 0 Å². The molecule has 1 aromatic rings. The third-order valence-electron chi connectivity index (χ3n) is 1.98. The lowest BCUT2D eigenvalue weighted by Gasteiger charge is -2.09. The van der Waals surface area contributed by atoms with Crippen LogP contribution < -0.4 is 5.32 Å². The number of rotatable bonds is 4. The van der Waals surface area contributed by atoms with Gasteiger partial charge in [0.1, 0.15) is 5.75 Å². The molecule has 1 rings (SSSR count). The van der Waals surface area contributed by atoms with Crippen LogP contribution in [-0.2, 0) is 6.54 Å². The number of hydrogen-bond acceptors (Lipinski definition) is 2. The van der Waals surface area contributed by atoms with Gasteiger partial charge in [0.2, 0.25) is 0 Å². The number of aromatic hydroxyl groups is 1. The van der Waals surface area contributed by atoms with Crippen molar-refractivity contribution in [1.29, 1.82) is 0 Å². The number of nitrogens with one attached hydrogen (secondary N) is 1. The van der Waals surface area contributed by atoms with Crippen LogP contribution in [0.25, 0.3) is 0 Å². The molecule has 2 N–H and O–H groups in total. The Morgan fingerprint density at radius 3 is 2.87 bits per heavy atom. The molecule has 82 valence electrons. The predicted octanol–water partition coefficient (Wildman–Crippen LogP) is 3.35. The fraction of sp³-hybridized carbons (Fsp3) is 0.273. The van der Waals surface area contributed by atoms with E-state index < -0.39 is 0 Å². The minimum absolute atomic E-state index is 0.298. The van der Waals surface area contributed by atoms with Crippen LogP contribution in [0.5, 0.6) is 5.75 Å². The van der Waals surface area contributed by atoms with Crippen LogP contribution in [-0.4, -0.2) is 11.7 Å². The zero-order chi connectivity index (χ0) is 11.4. The molecule has 0 bridgehead atoms. The first-order valence-corrected chi connectivity index (χ1v) is 5.70. The van der Waals surface area contributed by atoms with Crippen molar-refractivity contribution >= 4 is 27.5 Å². The van der Waals surface area contributed by atoms with Crippen molar-refractivity contribution in [2.45, 2.75) is 13.5 Å². The number of phenolic OH excluding ortho intramolecular Hbond substituents is 1. The standard InChI is InChI=1S/C11H13BrClNO/c1-7-3-10(13)4-9(11(7)15)6-14-5-8(2)12/h3-4,14-15H,2,5-6H2,1H3. The second-order valence-electron chi connectivity index (χ2n) is 3.35. The van der Waals surface area contributed by atoms with Gasteiger partial charge in [0.25, 0.3) is 0 Å². The molecule has 0 amide bonds. The molecule has 0 aliphatic heterocycles. The van der Waals surface area contributed by atoms with Crippen LogP contribution in [0.2, 0.25) is 5.02 Å². The van der Waals surface area contributed by atoms with Gasteiger partial charge in [0.05, 0.1) is 0 Å². The maximum absolute atomic E-state index is 9.75. The molecule has 0 aromatic heterocycles. The number of aryl methyl sites for hydroxylation is 1. The molecule has 0 spiro atoms. The molecule has 0 saturated carbocycles. The molecule has 15 heavy (non-hydrogen) atoms. The first-order chi connectivity index (χ1) is 7.00. The van der Waals surface area contributed by atoms with E-state index in [9.17, 15) is 5.11 Å². The maximum Gasteiger partial charge on any atom is 0.123 e. The highest BCUT2D eigenvalue weighted by atomic mass is 79.9. The molecular weight excluding hydrogens is 277 g/mol. The van der Waals surface area contributed by atoms with E-state index in [0.717, 1.165) is 15.6 Å². The Balaban J connectivity index is 2.72. The number of halogens is 2. The van der Waals surface area contributed by atoms with Gasteiger partial charge in [-0.05, 0) is 24.6 Å². The van der Waals surface area contributed by atoms with E-state index in [-0.39, 0.29) is 0 Å². The third kappa shape index (κ3) is 3.86. The smallest absolute Gasteiger partial charge is 0.123 e. The summed E-state index contributed by atoms with van der Waals surface area (Å²) in [6, 6.07) is 3.50. The zero-order valence-electron chi connectivity index (χ0n) is 8.48. The van der Waals surface area contributed by atoms with Gasteiger partial charge in [-0.25, -0.2) is 0 Å². The number of benzene rings is 1. The summed E-state index contributed by atoms with van der Waals surface area (Å²) >= 11 is 9.15. The first-order valence-electron chi connectivity index (χ1n) is 4.52. The molecule has 2 nitrogen and oxygen atoms in total. The molecule has 0 unspecified atom stereocenters. The first kappa shape index (κ1) is 12.6. The van der Waals surface area contributed by atoms with Crippen LogP contribution >= 0.6 is 27.5 Å². The van der Waals surface area contributed by atoms with Crippen molar-refractivity contribution in [3.05, 3.63) is 39.3 Å².